The molecule has 0 aliphatic heterocycles. The lowest BCUT2D eigenvalue weighted by molar-refractivity contribution is -0.388. The van der Waals surface area contributed by atoms with Gasteiger partial charge in [0.2, 0.25) is 0 Å². The summed E-state index contributed by atoms with van der Waals surface area (Å²) in [5, 5.41) is 10.6. The Bertz CT molecular complexity index is 674. The first-order valence-corrected chi connectivity index (χ1v) is 6.94. The van der Waals surface area contributed by atoms with Crippen LogP contribution in [-0.4, -0.2) is 20.0 Å². The normalized spacial score (nSPS) is 12.5. The lowest BCUT2D eigenvalue weighted by Gasteiger charge is -2.13. The van der Waals surface area contributed by atoms with Crippen molar-refractivity contribution in [3.8, 4) is 5.75 Å². The Labute approximate surface area is 117 Å². The van der Waals surface area contributed by atoms with Crippen LogP contribution in [-0.2, 0) is 15.2 Å². The molecule has 0 aliphatic carbocycles. The molecular formula is C8H3ClF5NO5S. The number of nitrogens with zero attached hydrogens (tertiary/aromatic N) is 1. The van der Waals surface area contributed by atoms with Crippen LogP contribution >= 0.6 is 10.7 Å². The largest absolute Gasteiger partial charge is 0.433 e. The molecule has 0 aromatic heterocycles. The monoisotopic (exact) mass is 355 g/mol. The molecule has 13 heteroatoms. The summed E-state index contributed by atoms with van der Waals surface area (Å²) >= 11 is 0. The maximum absolute atomic E-state index is 12.6. The summed E-state index contributed by atoms with van der Waals surface area (Å²) in [6.45, 7) is -3.66. The molecule has 0 heterocycles. The fraction of sp³-hybridized carbons (Fsp3) is 0.250. The highest BCUT2D eigenvalue weighted by atomic mass is 35.7. The van der Waals surface area contributed by atoms with Crippen molar-refractivity contribution in [1.82, 2.24) is 0 Å². The Balaban J connectivity index is 3.74. The first kappa shape index (κ1) is 17.4. The standard InChI is InChI=1S/C8H3ClF5NO5S/c9-21(18,19)6-2-4(15(16)17)3(8(12,13)14)1-5(6)20-7(10)11/h1-2,7H. The van der Waals surface area contributed by atoms with Gasteiger partial charge in [-0.3, -0.25) is 10.1 Å². The number of hydrogen-bond acceptors (Lipinski definition) is 5. The van der Waals surface area contributed by atoms with Crippen LogP contribution in [0.1, 0.15) is 5.56 Å². The van der Waals surface area contributed by atoms with Crippen LogP contribution in [0.25, 0.3) is 0 Å². The van der Waals surface area contributed by atoms with Crippen molar-refractivity contribution in [3.63, 3.8) is 0 Å². The van der Waals surface area contributed by atoms with Crippen molar-refractivity contribution in [2.75, 3.05) is 0 Å². The second-order valence-corrected chi connectivity index (χ2v) is 5.92. The molecule has 118 valence electrons. The Morgan fingerprint density at radius 2 is 1.81 bits per heavy atom. The first-order chi connectivity index (χ1) is 9.34. The highest BCUT2D eigenvalue weighted by Gasteiger charge is 2.41. The predicted octanol–water partition coefficient (Wildman–Crippen LogP) is 3.14. The highest BCUT2D eigenvalue weighted by molar-refractivity contribution is 8.13. The molecule has 0 saturated heterocycles. The van der Waals surface area contributed by atoms with Crippen LogP contribution in [0.15, 0.2) is 17.0 Å². The molecule has 21 heavy (non-hydrogen) atoms. The van der Waals surface area contributed by atoms with Crippen LogP contribution in [0.3, 0.4) is 0 Å². The van der Waals surface area contributed by atoms with E-state index in [4.69, 9.17) is 10.7 Å². The van der Waals surface area contributed by atoms with Gasteiger partial charge in [-0.25, -0.2) is 8.42 Å². The number of rotatable bonds is 4. The summed E-state index contributed by atoms with van der Waals surface area (Å²) < 4.78 is 87.9. The fourth-order valence-corrected chi connectivity index (χ4v) is 2.27. The first-order valence-electron chi connectivity index (χ1n) is 4.63. The molecule has 0 amide bonds. The fourth-order valence-electron chi connectivity index (χ4n) is 1.31. The molecule has 0 bridgehead atoms. The molecule has 6 nitrogen and oxygen atoms in total. The van der Waals surface area contributed by atoms with Gasteiger partial charge in [-0.05, 0) is 0 Å². The number of nitro groups is 1. The average Bonchev–Trinajstić information content (AvgIpc) is 2.24. The topological polar surface area (TPSA) is 86.5 Å². The van der Waals surface area contributed by atoms with Gasteiger partial charge in [0.05, 0.1) is 4.92 Å². The van der Waals surface area contributed by atoms with Crippen molar-refractivity contribution in [3.05, 3.63) is 27.8 Å². The zero-order valence-electron chi connectivity index (χ0n) is 9.40. The van der Waals surface area contributed by atoms with Crippen molar-refractivity contribution < 1.29 is 40.0 Å². The SMILES string of the molecule is O=[N+]([O-])c1cc(S(=O)(=O)Cl)c(OC(F)F)cc1C(F)(F)F. The maximum Gasteiger partial charge on any atom is 0.423 e. The minimum Gasteiger partial charge on any atom is -0.433 e. The molecule has 0 fully saturated rings. The zero-order valence-corrected chi connectivity index (χ0v) is 11.0. The maximum atomic E-state index is 12.6. The summed E-state index contributed by atoms with van der Waals surface area (Å²) in [7, 11) is -0.0214. The van der Waals surface area contributed by atoms with Crippen LogP contribution in [0.2, 0.25) is 0 Å². The molecule has 1 aromatic carbocycles. The van der Waals surface area contributed by atoms with Crippen molar-refractivity contribution in [1.29, 1.82) is 0 Å². The Kier molecular flexibility index (Phi) is 4.63. The number of benzene rings is 1. The Hall–Kier alpha value is -1.69. The minimum absolute atomic E-state index is 0.0944. The van der Waals surface area contributed by atoms with E-state index in [1.165, 1.54) is 0 Å². The van der Waals surface area contributed by atoms with E-state index in [2.05, 4.69) is 4.74 Å². The van der Waals surface area contributed by atoms with Crippen LogP contribution in [0.4, 0.5) is 27.6 Å². The number of halogens is 6. The van der Waals surface area contributed by atoms with Crippen molar-refractivity contribution >= 4 is 25.4 Å². The molecule has 0 saturated carbocycles. The highest BCUT2D eigenvalue weighted by Crippen LogP contribution is 2.42. The predicted molar refractivity (Wildman–Crippen MR) is 57.8 cm³/mol. The summed E-state index contributed by atoms with van der Waals surface area (Å²) in [5.41, 5.74) is -3.62. The van der Waals surface area contributed by atoms with Crippen LogP contribution in [0, 0.1) is 10.1 Å². The van der Waals surface area contributed by atoms with E-state index < -0.39 is 48.7 Å². The lowest BCUT2D eigenvalue weighted by atomic mass is 10.1. The third kappa shape index (κ3) is 4.14. The van der Waals surface area contributed by atoms with Crippen LogP contribution in [0.5, 0.6) is 5.75 Å². The molecule has 0 aliphatic rings. The number of ether oxygens (including phenoxy) is 1. The average molecular weight is 356 g/mol. The van der Waals surface area contributed by atoms with E-state index in [1.807, 2.05) is 0 Å². The van der Waals surface area contributed by atoms with Gasteiger partial charge in [-0.15, -0.1) is 0 Å². The molecule has 0 spiro atoms. The van der Waals surface area contributed by atoms with E-state index in [9.17, 15) is 40.5 Å². The van der Waals surface area contributed by atoms with Crippen LogP contribution < -0.4 is 4.74 Å². The van der Waals surface area contributed by atoms with E-state index in [1.54, 1.807) is 0 Å². The number of nitro benzene ring substituents is 1. The van der Waals surface area contributed by atoms with Gasteiger partial charge < -0.3 is 4.74 Å². The summed E-state index contributed by atoms with van der Waals surface area (Å²) in [4.78, 5) is 7.66. The van der Waals surface area contributed by atoms with E-state index in [-0.39, 0.29) is 12.1 Å². The van der Waals surface area contributed by atoms with E-state index in [0.29, 0.717) is 0 Å². The summed E-state index contributed by atoms with van der Waals surface area (Å²) in [6, 6.07) is -0.317. The summed E-state index contributed by atoms with van der Waals surface area (Å²) in [5.74, 6) is -1.45. The lowest BCUT2D eigenvalue weighted by Crippen LogP contribution is -2.13. The molecule has 0 radical (unpaired) electrons. The summed E-state index contributed by atoms with van der Waals surface area (Å²) in [6.07, 6.45) is -5.29. The Morgan fingerprint density at radius 3 is 2.14 bits per heavy atom. The molecule has 0 unspecified atom stereocenters. The van der Waals surface area contributed by atoms with Crippen molar-refractivity contribution in [2.45, 2.75) is 17.7 Å². The third-order valence-corrected chi connectivity index (χ3v) is 3.39. The second-order valence-electron chi connectivity index (χ2n) is 3.39. The smallest absolute Gasteiger partial charge is 0.423 e. The zero-order chi connectivity index (χ0) is 16.6. The number of alkyl halides is 5. The van der Waals surface area contributed by atoms with Gasteiger partial charge in [0, 0.05) is 22.8 Å². The van der Waals surface area contributed by atoms with Gasteiger partial charge in [0.15, 0.2) is 0 Å². The quantitative estimate of drug-likeness (QED) is 0.358. The number of hydrogen-bond donors (Lipinski definition) is 0. The molecule has 0 atom stereocenters. The van der Waals surface area contributed by atoms with Gasteiger partial charge in [0.25, 0.3) is 14.7 Å². The van der Waals surface area contributed by atoms with E-state index in [0.717, 1.165) is 0 Å². The molecule has 1 rings (SSSR count). The molecule has 0 N–H and O–H groups in total. The van der Waals surface area contributed by atoms with Gasteiger partial charge in [-0.1, -0.05) is 0 Å². The molecule has 1 aromatic rings. The van der Waals surface area contributed by atoms with Gasteiger partial charge >= 0.3 is 12.8 Å². The minimum atomic E-state index is -5.29. The second kappa shape index (κ2) is 5.60. The van der Waals surface area contributed by atoms with Gasteiger partial charge in [-0.2, -0.15) is 22.0 Å². The third-order valence-electron chi connectivity index (χ3n) is 2.04. The van der Waals surface area contributed by atoms with E-state index >= 15 is 0 Å². The Morgan fingerprint density at radius 1 is 1.29 bits per heavy atom. The molecular weight excluding hydrogens is 353 g/mol. The van der Waals surface area contributed by atoms with Gasteiger partial charge in [0.1, 0.15) is 16.2 Å². The van der Waals surface area contributed by atoms with Crippen molar-refractivity contribution in [2.24, 2.45) is 0 Å².